The molecule has 0 radical (unpaired) electrons. The summed E-state index contributed by atoms with van der Waals surface area (Å²) in [7, 11) is 0. The van der Waals surface area contributed by atoms with Crippen LogP contribution in [0.1, 0.15) is 46.1 Å². The Balaban J connectivity index is 1.25. The largest absolute Gasteiger partial charge is 0.487 e. The maximum Gasteiger partial charge on any atom is 0.255 e. The van der Waals surface area contributed by atoms with Crippen LogP contribution in [0.2, 0.25) is 0 Å². The fourth-order valence-electron chi connectivity index (χ4n) is 3.97. The van der Waals surface area contributed by atoms with Gasteiger partial charge in [0.15, 0.2) is 5.82 Å². The van der Waals surface area contributed by atoms with E-state index < -0.39 is 0 Å². The van der Waals surface area contributed by atoms with E-state index in [1.165, 1.54) is 6.42 Å². The second-order valence-corrected chi connectivity index (χ2v) is 9.17. The highest BCUT2D eigenvalue weighted by molar-refractivity contribution is 7.09. The minimum Gasteiger partial charge on any atom is -0.487 e. The third kappa shape index (κ3) is 4.96. The number of fused-ring (bicyclic) bond motifs is 1. The number of ether oxygens (including phenoxy) is 1. The number of carbonyl (C=O) groups excluding carboxylic acids is 1. The van der Waals surface area contributed by atoms with Gasteiger partial charge in [0, 0.05) is 35.2 Å². The molecular formula is C25H25N5O2S. The molecule has 0 unspecified atom stereocenters. The normalized spacial score (nSPS) is 13.2. The maximum absolute atomic E-state index is 12.8. The average Bonchev–Trinajstić information content (AvgIpc) is 3.36. The fourth-order valence-corrected chi connectivity index (χ4v) is 4.57. The number of rotatable bonds is 6. The molecule has 1 aliphatic heterocycles. The van der Waals surface area contributed by atoms with Crippen LogP contribution < -0.4 is 10.1 Å². The Labute approximate surface area is 196 Å². The van der Waals surface area contributed by atoms with Crippen LogP contribution in [-0.4, -0.2) is 25.7 Å². The Morgan fingerprint density at radius 1 is 1.12 bits per heavy atom. The molecule has 3 heterocycles. The summed E-state index contributed by atoms with van der Waals surface area (Å²) in [6.07, 6.45) is 4.47. The van der Waals surface area contributed by atoms with Crippen LogP contribution in [0.25, 0.3) is 11.4 Å². The van der Waals surface area contributed by atoms with Gasteiger partial charge in [0.05, 0.1) is 10.7 Å². The molecule has 1 aliphatic rings. The Morgan fingerprint density at radius 2 is 2.00 bits per heavy atom. The van der Waals surface area contributed by atoms with Crippen LogP contribution in [0.15, 0.2) is 53.9 Å². The molecule has 0 bridgehead atoms. The van der Waals surface area contributed by atoms with E-state index in [9.17, 15) is 4.79 Å². The van der Waals surface area contributed by atoms with Gasteiger partial charge in [-0.15, -0.1) is 21.5 Å². The summed E-state index contributed by atoms with van der Waals surface area (Å²) < 4.78 is 7.97. The first-order valence-electron chi connectivity index (χ1n) is 11.1. The summed E-state index contributed by atoms with van der Waals surface area (Å²) in [5, 5.41) is 14.8. The smallest absolute Gasteiger partial charge is 0.255 e. The zero-order valence-electron chi connectivity index (χ0n) is 18.5. The molecule has 2 aromatic heterocycles. The van der Waals surface area contributed by atoms with Crippen LogP contribution in [0, 0.1) is 6.92 Å². The number of hydrogen-bond acceptors (Lipinski definition) is 6. The third-order valence-electron chi connectivity index (χ3n) is 5.66. The highest BCUT2D eigenvalue weighted by Crippen LogP contribution is 2.25. The van der Waals surface area contributed by atoms with Crippen molar-refractivity contribution in [1.29, 1.82) is 0 Å². The summed E-state index contributed by atoms with van der Waals surface area (Å²) in [5.41, 5.74) is 3.15. The molecule has 2 aromatic carbocycles. The van der Waals surface area contributed by atoms with Crippen molar-refractivity contribution in [3.8, 4) is 17.1 Å². The number of hydrogen-bond donors (Lipinski definition) is 1. The molecular weight excluding hydrogens is 434 g/mol. The van der Waals surface area contributed by atoms with E-state index in [0.717, 1.165) is 59.4 Å². The minimum absolute atomic E-state index is 0.172. The first-order valence-corrected chi connectivity index (χ1v) is 12.0. The number of benzene rings is 2. The van der Waals surface area contributed by atoms with Gasteiger partial charge in [-0.3, -0.25) is 4.79 Å². The summed E-state index contributed by atoms with van der Waals surface area (Å²) >= 11 is 1.60. The molecule has 168 valence electrons. The molecule has 1 amide bonds. The van der Waals surface area contributed by atoms with E-state index in [-0.39, 0.29) is 5.91 Å². The molecule has 5 rings (SSSR count). The van der Waals surface area contributed by atoms with Crippen molar-refractivity contribution in [2.24, 2.45) is 0 Å². The highest BCUT2D eigenvalue weighted by Gasteiger charge is 2.16. The molecule has 33 heavy (non-hydrogen) atoms. The van der Waals surface area contributed by atoms with Crippen molar-refractivity contribution in [2.45, 2.75) is 45.8 Å². The van der Waals surface area contributed by atoms with E-state index in [1.807, 2.05) is 36.6 Å². The Bertz CT molecular complexity index is 1260. The number of nitrogens with one attached hydrogen (secondary N) is 1. The Morgan fingerprint density at radius 3 is 2.82 bits per heavy atom. The number of amides is 1. The van der Waals surface area contributed by atoms with Crippen LogP contribution in [0.3, 0.4) is 0 Å². The van der Waals surface area contributed by atoms with Gasteiger partial charge >= 0.3 is 0 Å². The second kappa shape index (κ2) is 9.54. The molecule has 1 N–H and O–H groups in total. The number of anilines is 1. The van der Waals surface area contributed by atoms with Crippen LogP contribution in [0.4, 0.5) is 5.69 Å². The number of carbonyl (C=O) groups is 1. The monoisotopic (exact) mass is 459 g/mol. The van der Waals surface area contributed by atoms with Gasteiger partial charge in [0.1, 0.15) is 18.2 Å². The predicted molar refractivity (Wildman–Crippen MR) is 129 cm³/mol. The van der Waals surface area contributed by atoms with Gasteiger partial charge in [0.25, 0.3) is 5.91 Å². The lowest BCUT2D eigenvalue weighted by Crippen LogP contribution is -2.12. The summed E-state index contributed by atoms with van der Waals surface area (Å²) in [4.78, 5) is 17.2. The molecule has 0 spiro atoms. The van der Waals surface area contributed by atoms with Crippen molar-refractivity contribution >= 4 is 22.9 Å². The average molecular weight is 460 g/mol. The summed E-state index contributed by atoms with van der Waals surface area (Å²) in [6.45, 7) is 3.32. The highest BCUT2D eigenvalue weighted by atomic mass is 32.1. The number of aromatic nitrogens is 4. The van der Waals surface area contributed by atoms with Crippen molar-refractivity contribution in [2.75, 3.05) is 5.32 Å². The van der Waals surface area contributed by atoms with Crippen LogP contribution in [-0.2, 0) is 19.6 Å². The SMILES string of the molecule is Cc1nc(COc2ccc(C(=O)Nc3cccc(-c4nnc5n4CCCCC5)c3)cc2)cs1. The van der Waals surface area contributed by atoms with E-state index >= 15 is 0 Å². The third-order valence-corrected chi connectivity index (χ3v) is 6.48. The van der Waals surface area contributed by atoms with Crippen molar-refractivity contribution in [3.05, 3.63) is 76.0 Å². The van der Waals surface area contributed by atoms with Crippen LogP contribution in [0.5, 0.6) is 5.75 Å². The quantitative estimate of drug-likeness (QED) is 0.425. The molecule has 7 nitrogen and oxygen atoms in total. The topological polar surface area (TPSA) is 81.9 Å². The first kappa shape index (κ1) is 21.3. The Kier molecular flexibility index (Phi) is 6.17. The zero-order chi connectivity index (χ0) is 22.6. The molecule has 0 saturated carbocycles. The first-order chi connectivity index (χ1) is 16.2. The molecule has 0 fully saturated rings. The van der Waals surface area contributed by atoms with E-state index in [1.54, 1.807) is 35.6 Å². The van der Waals surface area contributed by atoms with Gasteiger partial charge in [-0.2, -0.15) is 0 Å². The number of nitrogens with zero attached hydrogens (tertiary/aromatic N) is 4. The van der Waals surface area contributed by atoms with Crippen molar-refractivity contribution < 1.29 is 9.53 Å². The molecule has 0 saturated heterocycles. The molecule has 0 aliphatic carbocycles. The van der Waals surface area contributed by atoms with Gasteiger partial charge in [0.2, 0.25) is 0 Å². The minimum atomic E-state index is -0.172. The molecule has 4 aromatic rings. The lowest BCUT2D eigenvalue weighted by Gasteiger charge is -2.10. The second-order valence-electron chi connectivity index (χ2n) is 8.11. The lowest BCUT2D eigenvalue weighted by molar-refractivity contribution is 0.102. The zero-order valence-corrected chi connectivity index (χ0v) is 19.3. The molecule has 8 heteroatoms. The van der Waals surface area contributed by atoms with Gasteiger partial charge in [-0.1, -0.05) is 18.6 Å². The fraction of sp³-hybridized carbons (Fsp3) is 0.280. The van der Waals surface area contributed by atoms with E-state index in [2.05, 4.69) is 25.1 Å². The number of aryl methyl sites for hydroxylation is 2. The maximum atomic E-state index is 12.8. The van der Waals surface area contributed by atoms with Gasteiger partial charge < -0.3 is 14.6 Å². The van der Waals surface area contributed by atoms with Crippen LogP contribution >= 0.6 is 11.3 Å². The van der Waals surface area contributed by atoms with Gasteiger partial charge in [-0.05, 0) is 56.2 Å². The lowest BCUT2D eigenvalue weighted by atomic mass is 10.1. The summed E-state index contributed by atoms with van der Waals surface area (Å²) in [5.74, 6) is 2.43. The summed E-state index contributed by atoms with van der Waals surface area (Å²) in [6, 6.07) is 14.9. The Hall–Kier alpha value is -3.52. The van der Waals surface area contributed by atoms with E-state index in [4.69, 9.17) is 4.74 Å². The van der Waals surface area contributed by atoms with Crippen molar-refractivity contribution in [3.63, 3.8) is 0 Å². The van der Waals surface area contributed by atoms with E-state index in [0.29, 0.717) is 17.9 Å². The predicted octanol–water partition coefficient (Wildman–Crippen LogP) is 5.27. The standard InChI is InChI=1S/C25H25N5O2S/c1-17-26-21(16-33-17)15-32-22-11-9-18(10-12-22)25(31)27-20-7-5-6-19(14-20)24-29-28-23-8-3-2-4-13-30(23)24/h5-7,9-12,14,16H,2-4,8,13,15H2,1H3,(H,27,31). The molecule has 0 atom stereocenters. The number of thiazole rings is 1. The van der Waals surface area contributed by atoms with Gasteiger partial charge in [-0.25, -0.2) is 4.98 Å². The van der Waals surface area contributed by atoms with Crippen molar-refractivity contribution in [1.82, 2.24) is 19.7 Å².